The van der Waals surface area contributed by atoms with Crippen molar-refractivity contribution in [3.63, 3.8) is 0 Å². The van der Waals surface area contributed by atoms with E-state index in [2.05, 4.69) is 78.9 Å². The summed E-state index contributed by atoms with van der Waals surface area (Å²) in [6.45, 7) is 6.97. The largest absolute Gasteiger partial charge is 0.299 e. The lowest BCUT2D eigenvalue weighted by Gasteiger charge is -2.32. The van der Waals surface area contributed by atoms with Crippen LogP contribution < -0.4 is 0 Å². The van der Waals surface area contributed by atoms with Crippen LogP contribution in [0.25, 0.3) is 16.9 Å². The maximum atomic E-state index is 4.39. The van der Waals surface area contributed by atoms with Crippen molar-refractivity contribution in [2.24, 2.45) is 5.41 Å². The number of benzene rings is 2. The Hall–Kier alpha value is -2.35. The summed E-state index contributed by atoms with van der Waals surface area (Å²) in [6.07, 6.45) is 3.90. The van der Waals surface area contributed by atoms with E-state index in [1.165, 1.54) is 28.1 Å². The van der Waals surface area contributed by atoms with Gasteiger partial charge in [-0.25, -0.2) is 4.98 Å². The van der Waals surface area contributed by atoms with Gasteiger partial charge in [0.15, 0.2) is 0 Å². The van der Waals surface area contributed by atoms with Gasteiger partial charge in [0.25, 0.3) is 0 Å². The first kappa shape index (κ1) is 13.3. The highest BCUT2D eigenvalue weighted by atomic mass is 15.1. The predicted molar refractivity (Wildman–Crippen MR) is 90.3 cm³/mol. The molecular formula is C20H20N2. The molecule has 4 rings (SSSR count). The molecule has 0 aliphatic carbocycles. The van der Waals surface area contributed by atoms with Gasteiger partial charge < -0.3 is 0 Å². The molecule has 1 aliphatic rings. The molecule has 2 heteroatoms. The molecule has 0 N–H and O–H groups in total. The average molecular weight is 288 g/mol. The van der Waals surface area contributed by atoms with E-state index in [0.717, 1.165) is 0 Å². The number of para-hydroxylation sites is 1. The van der Waals surface area contributed by atoms with Crippen LogP contribution in [0.5, 0.6) is 0 Å². The van der Waals surface area contributed by atoms with Gasteiger partial charge in [0.2, 0.25) is 0 Å². The zero-order valence-electron chi connectivity index (χ0n) is 13.2. The maximum absolute atomic E-state index is 4.39. The number of rotatable bonds is 0. The Morgan fingerprint density at radius 3 is 2.36 bits per heavy atom. The van der Waals surface area contributed by atoms with Crippen LogP contribution in [0.15, 0.2) is 61.1 Å². The van der Waals surface area contributed by atoms with E-state index in [1.807, 2.05) is 12.5 Å². The summed E-state index contributed by atoms with van der Waals surface area (Å²) in [5, 5.41) is 0. The summed E-state index contributed by atoms with van der Waals surface area (Å²) >= 11 is 0. The van der Waals surface area contributed by atoms with E-state index >= 15 is 0 Å². The molecular weight excluding hydrogens is 268 g/mol. The van der Waals surface area contributed by atoms with Crippen LogP contribution in [0.1, 0.15) is 37.8 Å². The standard InChI is InChI=1S/C20H20N2/c1-20(2,3)19-15-9-5-4-8-14(15)18-12-21-13-22(18)17-11-7-6-10-16(17)19/h4-13,19H,1-3H3. The molecule has 3 aromatic rings. The van der Waals surface area contributed by atoms with Crippen LogP contribution in [0, 0.1) is 5.41 Å². The van der Waals surface area contributed by atoms with Gasteiger partial charge in [-0.2, -0.15) is 0 Å². The molecule has 2 nitrogen and oxygen atoms in total. The maximum Gasteiger partial charge on any atom is 0.0997 e. The van der Waals surface area contributed by atoms with E-state index in [0.29, 0.717) is 5.92 Å². The summed E-state index contributed by atoms with van der Waals surface area (Å²) in [4.78, 5) is 4.39. The van der Waals surface area contributed by atoms with Gasteiger partial charge >= 0.3 is 0 Å². The first-order valence-electron chi connectivity index (χ1n) is 7.78. The van der Waals surface area contributed by atoms with Crippen molar-refractivity contribution in [2.75, 3.05) is 0 Å². The van der Waals surface area contributed by atoms with Crippen molar-refractivity contribution in [3.05, 3.63) is 72.2 Å². The molecule has 1 aromatic heterocycles. The van der Waals surface area contributed by atoms with Crippen molar-refractivity contribution in [2.45, 2.75) is 26.7 Å². The van der Waals surface area contributed by atoms with Gasteiger partial charge in [0.1, 0.15) is 0 Å². The molecule has 110 valence electrons. The van der Waals surface area contributed by atoms with Gasteiger partial charge in [0.05, 0.1) is 23.9 Å². The summed E-state index contributed by atoms with van der Waals surface area (Å²) in [6, 6.07) is 17.5. The zero-order valence-corrected chi connectivity index (χ0v) is 13.2. The summed E-state index contributed by atoms with van der Waals surface area (Å²) in [7, 11) is 0. The van der Waals surface area contributed by atoms with Crippen LogP contribution in [-0.2, 0) is 0 Å². The topological polar surface area (TPSA) is 17.8 Å². The Labute approximate surface area is 131 Å². The Balaban J connectivity index is 2.15. The van der Waals surface area contributed by atoms with E-state index in [-0.39, 0.29) is 5.41 Å². The molecule has 0 amide bonds. The van der Waals surface area contributed by atoms with Crippen molar-refractivity contribution in [3.8, 4) is 16.9 Å². The lowest BCUT2D eigenvalue weighted by Crippen LogP contribution is -2.20. The smallest absolute Gasteiger partial charge is 0.0997 e. The third-order valence-electron chi connectivity index (χ3n) is 4.56. The minimum atomic E-state index is 0.143. The Morgan fingerprint density at radius 1 is 0.909 bits per heavy atom. The molecule has 0 spiro atoms. The molecule has 0 saturated heterocycles. The Kier molecular flexibility index (Phi) is 2.77. The molecule has 1 aliphatic heterocycles. The van der Waals surface area contributed by atoms with Crippen LogP contribution in [0.4, 0.5) is 0 Å². The first-order chi connectivity index (χ1) is 10.6. The highest BCUT2D eigenvalue weighted by Crippen LogP contribution is 2.48. The monoisotopic (exact) mass is 288 g/mol. The van der Waals surface area contributed by atoms with Crippen molar-refractivity contribution < 1.29 is 0 Å². The Bertz CT molecular complexity index is 775. The summed E-state index contributed by atoms with van der Waals surface area (Å²) in [5.41, 5.74) is 6.61. The predicted octanol–water partition coefficient (Wildman–Crippen LogP) is 5.03. The molecule has 0 fully saturated rings. The van der Waals surface area contributed by atoms with Crippen molar-refractivity contribution in [1.82, 2.24) is 9.55 Å². The highest BCUT2D eigenvalue weighted by Gasteiger charge is 2.34. The second-order valence-electron chi connectivity index (χ2n) is 7.09. The number of aromatic nitrogens is 2. The number of hydrogen-bond donors (Lipinski definition) is 0. The second-order valence-corrected chi connectivity index (χ2v) is 7.09. The van der Waals surface area contributed by atoms with Gasteiger partial charge in [-0.1, -0.05) is 63.2 Å². The minimum absolute atomic E-state index is 0.143. The lowest BCUT2D eigenvalue weighted by molar-refractivity contribution is 0.359. The van der Waals surface area contributed by atoms with Gasteiger partial charge in [0, 0.05) is 11.5 Å². The molecule has 2 aromatic carbocycles. The zero-order chi connectivity index (χ0) is 15.3. The highest BCUT2D eigenvalue weighted by molar-refractivity contribution is 5.71. The summed E-state index contributed by atoms with van der Waals surface area (Å²) < 4.78 is 2.22. The third kappa shape index (κ3) is 1.83. The fraction of sp³-hybridized carbons (Fsp3) is 0.250. The lowest BCUT2D eigenvalue weighted by atomic mass is 9.71. The SMILES string of the molecule is CC(C)(C)C1c2ccccc2-c2cncn2-c2ccccc21. The molecule has 2 heterocycles. The van der Waals surface area contributed by atoms with E-state index < -0.39 is 0 Å². The number of fused-ring (bicyclic) bond motifs is 5. The molecule has 1 unspecified atom stereocenters. The van der Waals surface area contributed by atoms with Crippen LogP contribution in [-0.4, -0.2) is 9.55 Å². The molecule has 0 saturated carbocycles. The fourth-order valence-corrected chi connectivity index (χ4v) is 3.72. The van der Waals surface area contributed by atoms with Crippen LogP contribution >= 0.6 is 0 Å². The Morgan fingerprint density at radius 2 is 1.59 bits per heavy atom. The third-order valence-corrected chi connectivity index (χ3v) is 4.56. The van der Waals surface area contributed by atoms with E-state index in [1.54, 1.807) is 0 Å². The van der Waals surface area contributed by atoms with Crippen LogP contribution in [0.3, 0.4) is 0 Å². The number of nitrogens with zero attached hydrogens (tertiary/aromatic N) is 2. The van der Waals surface area contributed by atoms with Crippen molar-refractivity contribution in [1.29, 1.82) is 0 Å². The average Bonchev–Trinajstić information content (AvgIpc) is 2.92. The van der Waals surface area contributed by atoms with E-state index in [4.69, 9.17) is 0 Å². The van der Waals surface area contributed by atoms with Gasteiger partial charge in [-0.15, -0.1) is 0 Å². The minimum Gasteiger partial charge on any atom is -0.299 e. The molecule has 0 radical (unpaired) electrons. The molecule has 22 heavy (non-hydrogen) atoms. The van der Waals surface area contributed by atoms with Gasteiger partial charge in [-0.3, -0.25) is 4.57 Å². The number of hydrogen-bond acceptors (Lipinski definition) is 1. The van der Waals surface area contributed by atoms with Crippen LogP contribution in [0.2, 0.25) is 0 Å². The second kappa shape index (κ2) is 4.57. The fourth-order valence-electron chi connectivity index (χ4n) is 3.72. The quantitative estimate of drug-likeness (QED) is 0.567. The molecule has 1 atom stereocenters. The number of imidazole rings is 1. The summed E-state index contributed by atoms with van der Waals surface area (Å²) in [5.74, 6) is 0.361. The van der Waals surface area contributed by atoms with Gasteiger partial charge in [-0.05, 0) is 22.6 Å². The van der Waals surface area contributed by atoms with E-state index in [9.17, 15) is 0 Å². The molecule has 0 bridgehead atoms. The first-order valence-corrected chi connectivity index (χ1v) is 7.78. The normalized spacial score (nSPS) is 16.4. The van der Waals surface area contributed by atoms with Crippen molar-refractivity contribution >= 4 is 0 Å².